The number of sulfonamides is 1. The van der Waals surface area contributed by atoms with E-state index in [-0.39, 0.29) is 42.2 Å². The summed E-state index contributed by atoms with van der Waals surface area (Å²) < 4.78 is 197. The molecule has 6 heterocycles. The average Bonchev–Trinajstić information content (AvgIpc) is 1.23. The molecule has 0 saturated carbocycles. The molecule has 636 valence electrons. The summed E-state index contributed by atoms with van der Waals surface area (Å²) in [5.74, 6) is -1.64. The normalized spacial score (nSPS) is 12.3. The average molecular weight is 1880 g/mol. The zero-order valence-corrected chi connectivity index (χ0v) is 73.4. The first-order chi connectivity index (χ1) is 60.4. The van der Waals surface area contributed by atoms with Crippen LogP contribution in [0.5, 0.6) is 11.5 Å². The Balaban J connectivity index is 0.000000215. The Morgan fingerprint density at radius 3 is 0.969 bits per heavy atom. The summed E-state index contributed by atoms with van der Waals surface area (Å²) in [7, 11) is -28.6. The summed E-state index contributed by atoms with van der Waals surface area (Å²) in [4.78, 5) is 48.3. The molecule has 2 aliphatic heterocycles. The Hall–Kier alpha value is -14.6. The first-order valence-corrected chi connectivity index (χ1v) is 46.4. The molecule has 8 bridgehead atoms. The van der Waals surface area contributed by atoms with E-state index in [0.717, 1.165) is 86.5 Å². The van der Waals surface area contributed by atoms with Crippen LogP contribution in [0.15, 0.2) is 283 Å². The van der Waals surface area contributed by atoms with Gasteiger partial charge in [0, 0.05) is 72.1 Å². The molecular weight excluding hydrogens is 1820 g/mol. The zero-order chi connectivity index (χ0) is 89.4. The Kier molecular flexibility index (Phi) is 22.9. The molecule has 0 aliphatic carbocycles. The van der Waals surface area contributed by atoms with Crippen LogP contribution in [0.3, 0.4) is 0 Å². The van der Waals surface area contributed by atoms with E-state index in [9.17, 15) is 78.9 Å². The van der Waals surface area contributed by atoms with Gasteiger partial charge in [0.2, 0.25) is 27.9 Å². The number of fused-ring (bicyclic) bond motifs is 24. The van der Waals surface area contributed by atoms with Gasteiger partial charge in [-0.2, -0.15) is 57.0 Å². The molecule has 128 heavy (non-hydrogen) atoms. The molecule has 45 heteroatoms. The summed E-state index contributed by atoms with van der Waals surface area (Å²) >= 11 is 0. The van der Waals surface area contributed by atoms with Crippen LogP contribution in [0.25, 0.3) is 133 Å². The first kappa shape index (κ1) is 86.9. The third-order valence-electron chi connectivity index (χ3n) is 19.3. The molecule has 4 aromatic heterocycles. The zero-order valence-electron chi connectivity index (χ0n) is 65.5. The molecular formula is C83H57N19O19S6Zn. The maximum absolute atomic E-state index is 13.0. The number of nitrogens with one attached hydrogen (secondary N) is 4. The van der Waals surface area contributed by atoms with E-state index in [1.165, 1.54) is 36.4 Å². The van der Waals surface area contributed by atoms with Gasteiger partial charge < -0.3 is 56.1 Å². The van der Waals surface area contributed by atoms with Crippen LogP contribution in [-0.4, -0.2) is 141 Å². The molecule has 0 atom stereocenters. The fourth-order valence-corrected chi connectivity index (χ4v) is 17.0. The van der Waals surface area contributed by atoms with Gasteiger partial charge in [-0.1, -0.05) is 176 Å². The number of benzene rings is 13. The monoisotopic (exact) mass is 1880 g/mol. The summed E-state index contributed by atoms with van der Waals surface area (Å²) in [6.45, 7) is 0. The standard InChI is InChI=1S/C50H37N11O16S5.C32H16N8.CH4O3S.Zn/c1-78(64,65)61-31-14-8-13-30(23-31)51-48-54-49(52-38-24-32(79(66,67)68)19-28-21-40(81(72,73)74)44(46(62)42(28)38)59-57-36-17-6-11-26-9-2-4-15-34(26)36)56-50(55-48)53-39-25-33(80(69,70)71)20-29-22-41(82(75,76)77)45(47(63)43(29)39)60-58-37-18-7-12-27-10-3-5-16-35(27)37;1-2-10-18-17(9-1)25-33-26(18)38-28-21-13-5-6-14-22(21)30(35-28)40-32-24-16-8-7-15-23(24)31(36-32)39-29-20-12-4-3-11-19(20)27(34-29)37-25;1-5(2,3)4;/h2-25,61-63H,1H3,(H,66,67,68)(H,69,70,71)(H,72,73,74)(H,75,76,77)(H3,51,52,53,54,55,56);1-16H;1H3,(H,2,3,4);/q;-2;;+2. The van der Waals surface area contributed by atoms with Crippen LogP contribution < -0.4 is 30.6 Å². The van der Waals surface area contributed by atoms with Crippen LogP contribution in [-0.2, 0) is 80.1 Å². The van der Waals surface area contributed by atoms with Gasteiger partial charge in [-0.05, 0) is 110 Å². The molecule has 19 rings (SSSR count). The number of rotatable bonds is 16. The fraction of sp³-hybridized carbons (Fsp3) is 0.0241. The van der Waals surface area contributed by atoms with E-state index < -0.39 is 154 Å². The van der Waals surface area contributed by atoms with Crippen LogP contribution in [0.1, 0.15) is 0 Å². The van der Waals surface area contributed by atoms with Gasteiger partial charge in [0.15, 0.2) is 11.5 Å². The van der Waals surface area contributed by atoms with Crippen molar-refractivity contribution in [3.8, 4) is 57.1 Å². The van der Waals surface area contributed by atoms with Gasteiger partial charge in [-0.3, -0.25) is 27.5 Å². The molecule has 0 saturated heterocycles. The van der Waals surface area contributed by atoms with Crippen molar-refractivity contribution in [3.63, 3.8) is 0 Å². The molecule has 0 amide bonds. The van der Waals surface area contributed by atoms with E-state index in [1.807, 2.05) is 97.1 Å². The number of phenols is 2. The summed E-state index contributed by atoms with van der Waals surface area (Å²) in [6.07, 6.45) is 1.61. The van der Waals surface area contributed by atoms with Crippen molar-refractivity contribution in [1.82, 2.24) is 54.8 Å². The number of aromatic nitrogens is 11. The van der Waals surface area contributed by atoms with Crippen molar-refractivity contribution in [3.05, 3.63) is 243 Å². The summed E-state index contributed by atoms with van der Waals surface area (Å²) in [5.41, 5.74) is 3.52. The number of hydrogen-bond donors (Lipinski definition) is 11. The Morgan fingerprint density at radius 1 is 0.312 bits per heavy atom. The quantitative estimate of drug-likeness (QED) is 0.0243. The second-order valence-corrected chi connectivity index (χ2v) is 37.0. The fourth-order valence-electron chi connectivity index (χ4n) is 14.0. The largest absolute Gasteiger partial charge is 2.00 e. The molecule has 11 N–H and O–H groups in total. The predicted octanol–water partition coefficient (Wildman–Crippen LogP) is 15.9. The molecule has 17 aromatic rings. The topological polar surface area (TPSA) is 588 Å². The smallest absolute Gasteiger partial charge is 0.505 e. The molecule has 0 spiro atoms. The van der Waals surface area contributed by atoms with E-state index >= 15 is 0 Å². The minimum atomic E-state index is -5.32. The Bertz CT molecular complexity index is 7970. The van der Waals surface area contributed by atoms with Crippen molar-refractivity contribution >= 4 is 211 Å². The van der Waals surface area contributed by atoms with Crippen LogP contribution in [0.4, 0.5) is 63.3 Å². The maximum Gasteiger partial charge on any atom is 2.00 e. The number of hydrogen-bond acceptors (Lipinski definition) is 30. The van der Waals surface area contributed by atoms with E-state index in [1.54, 1.807) is 72.8 Å². The molecule has 38 nitrogen and oxygen atoms in total. The second-order valence-electron chi connectivity index (χ2n) is 28.1. The van der Waals surface area contributed by atoms with Gasteiger partial charge in [-0.15, -0.1) is 20.5 Å². The third kappa shape index (κ3) is 18.3. The summed E-state index contributed by atoms with van der Waals surface area (Å²) in [5, 5.41) is 52.9. The van der Waals surface area contributed by atoms with Gasteiger partial charge in [0.05, 0.1) is 74.0 Å². The first-order valence-electron chi connectivity index (χ1n) is 36.9. The number of aromatic hydroxyl groups is 2. The number of nitrogens with zero attached hydrogens (tertiary/aromatic N) is 15. The predicted molar refractivity (Wildman–Crippen MR) is 473 cm³/mol. The molecule has 0 fully saturated rings. The Morgan fingerprint density at radius 2 is 0.625 bits per heavy atom. The third-order valence-corrected chi connectivity index (χ3v) is 23.3. The number of phenolic OH excluding ortho intramolecular Hbond substituents is 2. The summed E-state index contributed by atoms with van der Waals surface area (Å²) in [6, 6.07) is 65.5. The van der Waals surface area contributed by atoms with E-state index in [4.69, 9.17) is 44.4 Å². The van der Waals surface area contributed by atoms with Crippen molar-refractivity contribution in [2.75, 3.05) is 33.2 Å². The number of azo groups is 2. The van der Waals surface area contributed by atoms with Gasteiger partial charge in [0.1, 0.15) is 21.2 Å². The Labute approximate surface area is 736 Å². The van der Waals surface area contributed by atoms with E-state index in [2.05, 4.69) is 56.1 Å². The SMILES string of the molecule is CS(=O)(=O)Nc1cccc(Nc2nc(Nc3cc(S(=O)(=O)O)cc4cc(S(=O)(=O)O)c(N=Nc5cccc6ccccc56)c(O)c34)nc(Nc3cc(S(=O)(=O)O)cc4cc(S(=O)(=O)O)c(N=Nc5cccc6ccccc56)c(O)c34)n2)c1.CS(=O)(=O)O.[Zn+2].c1ccc2c(c1)-c1nc-2nc2[n-]c(nc3nc(nc4[n-]c(n1)c1ccccc41)-c1ccccc1-3)c1ccccc21. The van der Waals surface area contributed by atoms with Gasteiger partial charge in [-0.25, -0.2) is 18.4 Å². The van der Waals surface area contributed by atoms with Crippen molar-refractivity contribution in [2.45, 2.75) is 19.6 Å². The van der Waals surface area contributed by atoms with E-state index in [0.29, 0.717) is 73.7 Å². The van der Waals surface area contributed by atoms with Crippen LogP contribution >= 0.6 is 0 Å². The molecule has 13 aromatic carbocycles. The van der Waals surface area contributed by atoms with Gasteiger partial charge in [0.25, 0.3) is 50.6 Å². The van der Waals surface area contributed by atoms with Crippen molar-refractivity contribution in [2.24, 2.45) is 20.5 Å². The van der Waals surface area contributed by atoms with Crippen LogP contribution in [0, 0.1) is 0 Å². The van der Waals surface area contributed by atoms with Crippen LogP contribution in [0.2, 0.25) is 0 Å². The molecule has 0 radical (unpaired) electrons. The van der Waals surface area contributed by atoms with Crippen molar-refractivity contribution < 1.29 is 103 Å². The second kappa shape index (κ2) is 33.7. The molecule has 2 aliphatic rings. The number of anilines is 7. The minimum Gasteiger partial charge on any atom is -0.505 e. The maximum atomic E-state index is 13.0. The molecule has 0 unspecified atom stereocenters. The minimum absolute atomic E-state index is 0. The van der Waals surface area contributed by atoms with Gasteiger partial charge >= 0.3 is 19.5 Å². The van der Waals surface area contributed by atoms with Crippen molar-refractivity contribution in [1.29, 1.82) is 0 Å².